The summed E-state index contributed by atoms with van der Waals surface area (Å²) in [7, 11) is 0. The van der Waals surface area contributed by atoms with E-state index in [1.54, 1.807) is 0 Å². The quantitative estimate of drug-likeness (QED) is 0.488. The maximum absolute atomic E-state index is 14.1. The second-order valence-corrected chi connectivity index (χ2v) is 5.99. The molecular weight excluding hydrogens is 451 g/mol. The number of nitrogens with zero attached hydrogens (tertiary/aromatic N) is 3. The van der Waals surface area contributed by atoms with Gasteiger partial charge in [0, 0.05) is 12.1 Å². The molecule has 3 aromatic rings. The number of aliphatic carboxylic acids is 1. The van der Waals surface area contributed by atoms with E-state index in [9.17, 15) is 30.7 Å². The van der Waals surface area contributed by atoms with E-state index in [1.165, 1.54) is 12.1 Å². The minimum Gasteiger partial charge on any atom is -0.475 e. The summed E-state index contributed by atoms with van der Waals surface area (Å²) in [6, 6.07) is 5.56. The molecule has 2 heterocycles. The second kappa shape index (κ2) is 9.20. The number of pyridine rings is 1. The highest BCUT2D eigenvalue weighted by atomic mass is 19.4. The zero-order valence-electron chi connectivity index (χ0n) is 16.0. The molecule has 4 N–H and O–H groups in total. The highest BCUT2D eigenvalue weighted by Gasteiger charge is 2.38. The molecule has 0 atom stereocenters. The second-order valence-electron chi connectivity index (χ2n) is 5.99. The number of nitrogens with two attached hydrogens (primary N) is 1. The molecule has 0 aliphatic heterocycles. The van der Waals surface area contributed by atoms with Crippen LogP contribution in [0.5, 0.6) is 0 Å². The van der Waals surface area contributed by atoms with Gasteiger partial charge in [-0.05, 0) is 31.2 Å². The van der Waals surface area contributed by atoms with Crippen LogP contribution in [-0.2, 0) is 11.0 Å². The number of nitrogens with one attached hydrogen (secondary N) is 1. The Morgan fingerprint density at radius 1 is 1.06 bits per heavy atom. The van der Waals surface area contributed by atoms with Crippen LogP contribution in [-0.4, -0.2) is 38.7 Å². The third-order valence-electron chi connectivity index (χ3n) is 3.74. The number of alkyl halides is 6. The molecule has 2 aromatic heterocycles. The van der Waals surface area contributed by atoms with Crippen molar-refractivity contribution in [3.63, 3.8) is 0 Å². The number of carboxylic acids is 1. The molecular formula is C18H14F7N5O2. The first-order chi connectivity index (χ1) is 14.8. The van der Waals surface area contributed by atoms with Crippen molar-refractivity contribution >= 4 is 28.8 Å². The van der Waals surface area contributed by atoms with E-state index in [0.29, 0.717) is 17.7 Å². The number of carbonyl (C=O) groups is 1. The Morgan fingerprint density at radius 2 is 1.69 bits per heavy atom. The van der Waals surface area contributed by atoms with Crippen molar-refractivity contribution in [3.8, 4) is 11.3 Å². The van der Waals surface area contributed by atoms with Gasteiger partial charge in [0.25, 0.3) is 0 Å². The van der Waals surface area contributed by atoms with Crippen molar-refractivity contribution in [2.24, 2.45) is 0 Å². The predicted octanol–water partition coefficient (Wildman–Crippen LogP) is 4.50. The van der Waals surface area contributed by atoms with Gasteiger partial charge in [0.2, 0.25) is 5.95 Å². The van der Waals surface area contributed by atoms with E-state index in [2.05, 4.69) is 20.3 Å². The molecule has 0 unspecified atom stereocenters. The number of hydrogen-bond acceptors (Lipinski definition) is 6. The van der Waals surface area contributed by atoms with Gasteiger partial charge in [-0.25, -0.2) is 14.2 Å². The molecule has 32 heavy (non-hydrogen) atoms. The van der Waals surface area contributed by atoms with Crippen molar-refractivity contribution in [2.45, 2.75) is 19.3 Å². The summed E-state index contributed by atoms with van der Waals surface area (Å²) < 4.78 is 85.5. The molecule has 14 heteroatoms. The van der Waals surface area contributed by atoms with Gasteiger partial charge < -0.3 is 16.2 Å². The maximum Gasteiger partial charge on any atom is 0.490 e. The molecule has 0 fully saturated rings. The van der Waals surface area contributed by atoms with Crippen LogP contribution in [0.25, 0.3) is 22.3 Å². The number of benzene rings is 1. The first kappa shape index (κ1) is 24.6. The van der Waals surface area contributed by atoms with Crippen LogP contribution >= 0.6 is 0 Å². The van der Waals surface area contributed by atoms with Crippen LogP contribution in [0.3, 0.4) is 0 Å². The molecule has 7 nitrogen and oxygen atoms in total. The fraction of sp³-hybridized carbons (Fsp3) is 0.222. The zero-order chi connectivity index (χ0) is 24.3. The Hall–Kier alpha value is -3.71. The van der Waals surface area contributed by atoms with Gasteiger partial charge in [-0.15, -0.1) is 0 Å². The van der Waals surface area contributed by atoms with Gasteiger partial charge in [0.15, 0.2) is 5.65 Å². The van der Waals surface area contributed by atoms with E-state index >= 15 is 0 Å². The minimum absolute atomic E-state index is 0.0809. The topological polar surface area (TPSA) is 114 Å². The Balaban J connectivity index is 0.000000451. The third kappa shape index (κ3) is 5.70. The number of hydrogen-bond donors (Lipinski definition) is 3. The molecule has 0 aliphatic rings. The monoisotopic (exact) mass is 465 g/mol. The lowest BCUT2D eigenvalue weighted by Gasteiger charge is -2.14. The summed E-state index contributed by atoms with van der Waals surface area (Å²) in [6.45, 7) is 2.40. The summed E-state index contributed by atoms with van der Waals surface area (Å²) >= 11 is 0. The fourth-order valence-electron chi connectivity index (χ4n) is 2.49. The number of carboxylic acid groups (broad SMARTS) is 1. The molecule has 0 saturated heterocycles. The highest BCUT2D eigenvalue weighted by Crippen LogP contribution is 2.38. The van der Waals surface area contributed by atoms with Crippen LogP contribution in [0.4, 0.5) is 42.5 Å². The number of nitrogen functional groups attached to an aromatic ring is 1. The zero-order valence-corrected chi connectivity index (χ0v) is 16.0. The lowest BCUT2D eigenvalue weighted by atomic mass is 10.0. The number of halogens is 7. The Morgan fingerprint density at radius 3 is 2.22 bits per heavy atom. The smallest absolute Gasteiger partial charge is 0.475 e. The SMILES string of the molecule is CCNc1nc(N)nc2nc(-c3c(F)cccc3C(F)(F)F)ccc12.O=C(O)C(F)(F)F. The molecule has 0 saturated carbocycles. The van der Waals surface area contributed by atoms with E-state index in [4.69, 9.17) is 15.6 Å². The standard InChI is InChI=1S/C16H13F4N5.C2HF3O2/c1-2-22-13-8-6-7-11(23-14(8)25-15(21)24-13)12-9(16(18,19)20)4-3-5-10(12)17;3-2(4,5)1(6)7/h3-7H,2H2,1H3,(H3,21,22,23,24,25);(H,6,7). The van der Waals surface area contributed by atoms with E-state index in [0.717, 1.165) is 18.2 Å². The van der Waals surface area contributed by atoms with E-state index in [-0.39, 0.29) is 17.3 Å². The average molecular weight is 465 g/mol. The molecule has 0 radical (unpaired) electrons. The first-order valence-corrected chi connectivity index (χ1v) is 8.60. The number of rotatable bonds is 3. The largest absolute Gasteiger partial charge is 0.490 e. The fourth-order valence-corrected chi connectivity index (χ4v) is 2.49. The normalized spacial score (nSPS) is 11.6. The Bertz CT molecular complexity index is 1130. The van der Waals surface area contributed by atoms with Gasteiger partial charge in [0.1, 0.15) is 11.6 Å². The molecule has 0 aliphatic carbocycles. The molecule has 0 bridgehead atoms. The van der Waals surface area contributed by atoms with Crippen molar-refractivity contribution in [1.82, 2.24) is 15.0 Å². The molecule has 172 valence electrons. The van der Waals surface area contributed by atoms with Crippen LogP contribution in [0.15, 0.2) is 30.3 Å². The van der Waals surface area contributed by atoms with Gasteiger partial charge in [-0.1, -0.05) is 6.07 Å². The summed E-state index contributed by atoms with van der Waals surface area (Å²) in [4.78, 5) is 20.9. The van der Waals surface area contributed by atoms with Crippen molar-refractivity contribution in [3.05, 3.63) is 41.7 Å². The summed E-state index contributed by atoms with van der Waals surface area (Å²) in [6.07, 6.45) is -9.80. The first-order valence-electron chi connectivity index (χ1n) is 8.60. The van der Waals surface area contributed by atoms with Gasteiger partial charge in [-0.3, -0.25) is 0 Å². The lowest BCUT2D eigenvalue weighted by Crippen LogP contribution is -2.21. The lowest BCUT2D eigenvalue weighted by molar-refractivity contribution is -0.192. The van der Waals surface area contributed by atoms with Crippen molar-refractivity contribution in [1.29, 1.82) is 0 Å². The van der Waals surface area contributed by atoms with Crippen LogP contribution in [0, 0.1) is 5.82 Å². The minimum atomic E-state index is -5.08. The average Bonchev–Trinajstić information content (AvgIpc) is 2.66. The Kier molecular flexibility index (Phi) is 7.06. The molecule has 1 aromatic carbocycles. The molecule has 0 amide bonds. The van der Waals surface area contributed by atoms with Crippen LogP contribution in [0.2, 0.25) is 0 Å². The number of fused-ring (bicyclic) bond motifs is 1. The van der Waals surface area contributed by atoms with Crippen LogP contribution in [0.1, 0.15) is 12.5 Å². The van der Waals surface area contributed by atoms with Gasteiger partial charge in [0.05, 0.1) is 16.6 Å². The van der Waals surface area contributed by atoms with Crippen LogP contribution < -0.4 is 11.1 Å². The van der Waals surface area contributed by atoms with E-state index in [1.807, 2.05) is 6.92 Å². The van der Waals surface area contributed by atoms with Crippen molar-refractivity contribution < 1.29 is 40.6 Å². The summed E-state index contributed by atoms with van der Waals surface area (Å²) in [5.74, 6) is -3.45. The highest BCUT2D eigenvalue weighted by molar-refractivity contribution is 5.89. The summed E-state index contributed by atoms with van der Waals surface area (Å²) in [5, 5.41) is 10.6. The maximum atomic E-state index is 14.1. The summed E-state index contributed by atoms with van der Waals surface area (Å²) in [5.41, 5.74) is 3.79. The van der Waals surface area contributed by atoms with Gasteiger partial charge in [-0.2, -0.15) is 36.3 Å². The van der Waals surface area contributed by atoms with Gasteiger partial charge >= 0.3 is 18.3 Å². The van der Waals surface area contributed by atoms with E-state index < -0.39 is 35.3 Å². The predicted molar refractivity (Wildman–Crippen MR) is 100.0 cm³/mol. The number of aromatic nitrogens is 3. The Labute approximate surface area is 175 Å². The third-order valence-corrected chi connectivity index (χ3v) is 3.74. The molecule has 0 spiro atoms. The molecule has 3 rings (SSSR count). The number of anilines is 2. The van der Waals surface area contributed by atoms with Crippen molar-refractivity contribution in [2.75, 3.05) is 17.6 Å².